The number of esters is 1. The fraction of sp³-hybridized carbons (Fsp3) is 0.216. The zero-order valence-corrected chi connectivity index (χ0v) is 27.5. The summed E-state index contributed by atoms with van der Waals surface area (Å²) in [5, 5.41) is 11.8. The molecule has 10 nitrogen and oxygen atoms in total. The maximum Gasteiger partial charge on any atom is 0.341 e. The van der Waals surface area contributed by atoms with Gasteiger partial charge >= 0.3 is 17.8 Å². The van der Waals surface area contributed by atoms with Crippen LogP contribution in [-0.2, 0) is 33.8 Å². The van der Waals surface area contributed by atoms with Crippen LogP contribution in [0.1, 0.15) is 52.2 Å². The van der Waals surface area contributed by atoms with Gasteiger partial charge in [0.25, 0.3) is 0 Å². The molecule has 2 heterocycles. The van der Waals surface area contributed by atoms with Gasteiger partial charge in [-0.1, -0.05) is 55.5 Å². The first-order chi connectivity index (χ1) is 23.4. The Morgan fingerprint density at radius 3 is 2.46 bits per heavy atom. The minimum Gasteiger partial charge on any atom is -0.489 e. The summed E-state index contributed by atoms with van der Waals surface area (Å²) in [5.74, 6) is -1.23. The molecule has 2 aromatic heterocycles. The van der Waals surface area contributed by atoms with Crippen LogP contribution in [0, 0.1) is 5.92 Å². The Labute approximate surface area is 282 Å². The molecule has 0 saturated heterocycles. The van der Waals surface area contributed by atoms with Gasteiger partial charge in [0.2, 0.25) is 0 Å². The van der Waals surface area contributed by atoms with Crippen LogP contribution < -0.4 is 15.5 Å². The maximum atomic E-state index is 12.9. The van der Waals surface area contributed by atoms with Crippen LogP contribution in [0.2, 0.25) is 0 Å². The number of hydrazone groups is 1. The van der Waals surface area contributed by atoms with Gasteiger partial charge in [-0.05, 0) is 79.6 Å². The van der Waals surface area contributed by atoms with E-state index in [9.17, 15) is 14.4 Å². The lowest BCUT2D eigenvalue weighted by Crippen LogP contribution is -2.32. The number of hydrogen-bond acceptors (Lipinski definition) is 8. The highest BCUT2D eigenvalue weighted by atomic mass is 32.1. The van der Waals surface area contributed by atoms with E-state index in [1.165, 1.54) is 17.6 Å². The Kier molecular flexibility index (Phi) is 10.1. The summed E-state index contributed by atoms with van der Waals surface area (Å²) in [5.41, 5.74) is 7.50. The molecule has 5 aromatic rings. The summed E-state index contributed by atoms with van der Waals surface area (Å²) >= 11 is 1.32. The smallest absolute Gasteiger partial charge is 0.341 e. The second kappa shape index (κ2) is 14.9. The molecule has 0 saturated carbocycles. The largest absolute Gasteiger partial charge is 0.489 e. The molecule has 48 heavy (non-hydrogen) atoms. The molecule has 0 bridgehead atoms. The molecular weight excluding hydrogens is 627 g/mol. The number of thiophene rings is 1. The highest BCUT2D eigenvalue weighted by Gasteiger charge is 2.30. The van der Waals surface area contributed by atoms with E-state index in [0.717, 1.165) is 46.5 Å². The first-order valence-corrected chi connectivity index (χ1v) is 16.6. The number of hydrogen-bond donors (Lipinski definition) is 2. The van der Waals surface area contributed by atoms with E-state index in [2.05, 4.69) is 22.8 Å². The van der Waals surface area contributed by atoms with Crippen molar-refractivity contribution in [3.8, 4) is 22.7 Å². The highest BCUT2D eigenvalue weighted by Crippen LogP contribution is 2.40. The molecule has 2 N–H and O–H groups in total. The molecule has 6 rings (SSSR count). The fourth-order valence-electron chi connectivity index (χ4n) is 5.50. The number of rotatable bonds is 10. The van der Waals surface area contributed by atoms with E-state index in [1.807, 2.05) is 84.9 Å². The first kappa shape index (κ1) is 32.4. The molecule has 0 radical (unpaired) electrons. The van der Waals surface area contributed by atoms with Crippen LogP contribution >= 0.6 is 11.3 Å². The summed E-state index contributed by atoms with van der Waals surface area (Å²) in [6, 6.07) is 27.1. The molecule has 244 valence electrons. The Morgan fingerprint density at radius 2 is 1.73 bits per heavy atom. The summed E-state index contributed by atoms with van der Waals surface area (Å²) in [6.07, 6.45) is 5.70. The normalized spacial score (nSPS) is 13.9. The standard InChI is InChI=1S/C37H35N5O5S/c1-3-46-37(45)32-30-19-14-24(2)20-31(30)48-36(32)39-34(43)35(44)40-38-21-27-22-42(28-12-8-5-9-13-28)41-33(27)26-15-17-29(18-16-26)47-23-25-10-6-4-7-11-25/h4-13,15-18,21-22,24H,3,14,19-20,23H2,1-2H3,(H,39,43)(H,40,44)/b38-21-/t24-/m0/s1. The molecular formula is C37H35N5O5S. The predicted molar refractivity (Wildman–Crippen MR) is 186 cm³/mol. The highest BCUT2D eigenvalue weighted by molar-refractivity contribution is 7.17. The quantitative estimate of drug-likeness (QED) is 0.0756. The third-order valence-corrected chi connectivity index (χ3v) is 9.10. The van der Waals surface area contributed by atoms with Crippen molar-refractivity contribution in [2.75, 3.05) is 11.9 Å². The van der Waals surface area contributed by atoms with Crippen LogP contribution in [0.4, 0.5) is 5.00 Å². The lowest BCUT2D eigenvalue weighted by molar-refractivity contribution is -0.136. The van der Waals surface area contributed by atoms with Gasteiger partial charge in [0.15, 0.2) is 0 Å². The third-order valence-electron chi connectivity index (χ3n) is 7.93. The molecule has 0 unspecified atom stereocenters. The van der Waals surface area contributed by atoms with Gasteiger partial charge in [-0.2, -0.15) is 10.2 Å². The second-order valence-electron chi connectivity index (χ2n) is 11.4. The van der Waals surface area contributed by atoms with E-state index < -0.39 is 17.8 Å². The number of carbonyl (C=O) groups excluding carboxylic acids is 3. The number of ether oxygens (including phenoxy) is 2. The van der Waals surface area contributed by atoms with Crippen molar-refractivity contribution in [1.82, 2.24) is 15.2 Å². The van der Waals surface area contributed by atoms with Crippen molar-refractivity contribution in [3.05, 3.63) is 118 Å². The van der Waals surface area contributed by atoms with Gasteiger partial charge in [-0.3, -0.25) is 9.59 Å². The Balaban J connectivity index is 1.18. The van der Waals surface area contributed by atoms with Crippen LogP contribution in [0.25, 0.3) is 16.9 Å². The number of anilines is 1. The first-order valence-electron chi connectivity index (χ1n) is 15.8. The second-order valence-corrected chi connectivity index (χ2v) is 12.5. The molecule has 1 aliphatic rings. The van der Waals surface area contributed by atoms with E-state index in [1.54, 1.807) is 17.8 Å². The van der Waals surface area contributed by atoms with Crippen molar-refractivity contribution < 1.29 is 23.9 Å². The van der Waals surface area contributed by atoms with Crippen molar-refractivity contribution in [2.24, 2.45) is 11.0 Å². The number of aromatic nitrogens is 2. The lowest BCUT2D eigenvalue weighted by Gasteiger charge is -2.18. The minimum absolute atomic E-state index is 0.206. The molecule has 3 aromatic carbocycles. The number of amides is 2. The van der Waals surface area contributed by atoms with Gasteiger partial charge in [-0.25, -0.2) is 14.9 Å². The average Bonchev–Trinajstić information content (AvgIpc) is 3.69. The molecule has 1 atom stereocenters. The number of nitrogens with zero attached hydrogens (tertiary/aromatic N) is 3. The number of para-hydroxylation sites is 1. The molecule has 11 heteroatoms. The van der Waals surface area contributed by atoms with Gasteiger partial charge in [0, 0.05) is 22.2 Å². The lowest BCUT2D eigenvalue weighted by atomic mass is 9.88. The Morgan fingerprint density at radius 1 is 1.00 bits per heavy atom. The topological polar surface area (TPSA) is 124 Å². The van der Waals surface area contributed by atoms with Crippen molar-refractivity contribution in [2.45, 2.75) is 39.7 Å². The van der Waals surface area contributed by atoms with Crippen molar-refractivity contribution in [3.63, 3.8) is 0 Å². The zero-order valence-electron chi connectivity index (χ0n) is 26.6. The SMILES string of the molecule is CCOC(=O)c1c(NC(=O)C(=O)N/N=C\c2cn(-c3ccccc3)nc2-c2ccc(OCc3ccccc3)cc2)sc2c1CC[C@H](C)C2. The molecule has 0 fully saturated rings. The Bertz CT molecular complexity index is 1930. The van der Waals surface area contributed by atoms with Gasteiger partial charge in [-0.15, -0.1) is 11.3 Å². The summed E-state index contributed by atoms with van der Waals surface area (Å²) < 4.78 is 12.9. The number of benzene rings is 3. The van der Waals surface area contributed by atoms with Gasteiger partial charge < -0.3 is 14.8 Å². The van der Waals surface area contributed by atoms with Crippen molar-refractivity contribution in [1.29, 1.82) is 0 Å². The number of carbonyl (C=O) groups is 3. The minimum atomic E-state index is -0.974. The van der Waals surface area contributed by atoms with Gasteiger partial charge in [0.1, 0.15) is 23.1 Å². The van der Waals surface area contributed by atoms with Crippen LogP contribution in [-0.4, -0.2) is 40.4 Å². The van der Waals surface area contributed by atoms with Crippen LogP contribution in [0.15, 0.2) is 96.2 Å². The average molecular weight is 662 g/mol. The molecule has 0 spiro atoms. The summed E-state index contributed by atoms with van der Waals surface area (Å²) in [7, 11) is 0. The fourth-order valence-corrected chi connectivity index (χ4v) is 6.89. The van der Waals surface area contributed by atoms with E-state index in [0.29, 0.717) is 40.1 Å². The van der Waals surface area contributed by atoms with E-state index in [-0.39, 0.29) is 6.61 Å². The summed E-state index contributed by atoms with van der Waals surface area (Å²) in [6.45, 7) is 4.54. The van der Waals surface area contributed by atoms with Crippen LogP contribution in [0.5, 0.6) is 5.75 Å². The zero-order chi connectivity index (χ0) is 33.5. The summed E-state index contributed by atoms with van der Waals surface area (Å²) in [4.78, 5) is 39.6. The molecule has 2 amide bonds. The van der Waals surface area contributed by atoms with E-state index in [4.69, 9.17) is 14.6 Å². The molecule has 1 aliphatic carbocycles. The third kappa shape index (κ3) is 7.53. The number of fused-ring (bicyclic) bond motifs is 1. The van der Waals surface area contributed by atoms with E-state index >= 15 is 0 Å². The van der Waals surface area contributed by atoms with Gasteiger partial charge in [0.05, 0.1) is 24.1 Å². The molecule has 0 aliphatic heterocycles. The van der Waals surface area contributed by atoms with Crippen LogP contribution in [0.3, 0.4) is 0 Å². The van der Waals surface area contributed by atoms with Crippen molar-refractivity contribution >= 4 is 40.3 Å². The predicted octanol–water partition coefficient (Wildman–Crippen LogP) is 6.57. The Hall–Kier alpha value is -5.55. The monoisotopic (exact) mass is 661 g/mol. The maximum absolute atomic E-state index is 12.9. The number of nitrogens with one attached hydrogen (secondary N) is 2.